The van der Waals surface area contributed by atoms with E-state index in [1.807, 2.05) is 13.0 Å². The monoisotopic (exact) mass is 492 g/mol. The van der Waals surface area contributed by atoms with E-state index in [9.17, 15) is 14.9 Å². The number of aromatic nitrogens is 2. The van der Waals surface area contributed by atoms with Gasteiger partial charge in [-0.25, -0.2) is 4.98 Å². The summed E-state index contributed by atoms with van der Waals surface area (Å²) in [6, 6.07) is 8.06. The highest BCUT2D eigenvalue weighted by atomic mass is 79.9. The number of hydrogen-bond donors (Lipinski definition) is 0. The van der Waals surface area contributed by atoms with Crippen molar-refractivity contribution >= 4 is 50.3 Å². The van der Waals surface area contributed by atoms with Crippen LogP contribution in [0.5, 0.6) is 5.75 Å². The van der Waals surface area contributed by atoms with Crippen molar-refractivity contribution in [2.24, 2.45) is 5.10 Å². The summed E-state index contributed by atoms with van der Waals surface area (Å²) in [4.78, 5) is 28.4. The summed E-state index contributed by atoms with van der Waals surface area (Å²) >= 11 is 9.48. The van der Waals surface area contributed by atoms with Crippen LogP contribution in [0.25, 0.3) is 10.9 Å². The number of nitro groups is 1. The summed E-state index contributed by atoms with van der Waals surface area (Å²) in [5.41, 5.74) is 0.336. The van der Waals surface area contributed by atoms with Crippen molar-refractivity contribution in [3.05, 3.63) is 71.7 Å². The molecule has 0 N–H and O–H groups in total. The van der Waals surface area contributed by atoms with Crippen molar-refractivity contribution in [3.63, 3.8) is 0 Å². The highest BCUT2D eigenvalue weighted by molar-refractivity contribution is 9.10. The molecule has 2 aromatic carbocycles. The van der Waals surface area contributed by atoms with Gasteiger partial charge in [0.1, 0.15) is 5.82 Å². The Morgan fingerprint density at radius 2 is 2.13 bits per heavy atom. The number of hydrogen-bond acceptors (Lipinski definition) is 6. The zero-order valence-corrected chi connectivity index (χ0v) is 18.6. The molecule has 0 aliphatic heterocycles. The fraction of sp³-hybridized carbons (Fsp3) is 0.250. The fourth-order valence-electron chi connectivity index (χ4n) is 2.95. The highest BCUT2D eigenvalue weighted by Crippen LogP contribution is 2.35. The van der Waals surface area contributed by atoms with Crippen LogP contribution in [0.1, 0.15) is 31.2 Å². The van der Waals surface area contributed by atoms with Crippen LogP contribution in [0, 0.1) is 10.1 Å². The fourth-order valence-corrected chi connectivity index (χ4v) is 3.61. The second kappa shape index (κ2) is 9.36. The molecule has 0 saturated carbocycles. The zero-order chi connectivity index (χ0) is 21.8. The molecule has 0 aliphatic rings. The van der Waals surface area contributed by atoms with Crippen LogP contribution in [-0.2, 0) is 6.42 Å². The average Bonchev–Trinajstić information content (AvgIpc) is 2.71. The van der Waals surface area contributed by atoms with Gasteiger partial charge in [-0.2, -0.15) is 9.78 Å². The Kier molecular flexibility index (Phi) is 6.84. The van der Waals surface area contributed by atoms with Crippen LogP contribution >= 0.6 is 27.5 Å². The third-order valence-corrected chi connectivity index (χ3v) is 5.17. The molecule has 10 heteroatoms. The standard InChI is InChI=1S/C20H18BrClN4O4/c1-3-4-5-18-24-16-7-6-13(21)10-14(16)20(27)25(18)23-11-12-8-15(22)19(30-2)17(9-12)26(28)29/h6-11H,3-5H2,1-2H3. The van der Waals surface area contributed by atoms with E-state index < -0.39 is 4.92 Å². The van der Waals surface area contributed by atoms with Crippen molar-refractivity contribution in [2.45, 2.75) is 26.2 Å². The lowest BCUT2D eigenvalue weighted by Crippen LogP contribution is -2.22. The van der Waals surface area contributed by atoms with E-state index in [4.69, 9.17) is 16.3 Å². The van der Waals surface area contributed by atoms with Gasteiger partial charge in [-0.1, -0.05) is 40.9 Å². The summed E-state index contributed by atoms with van der Waals surface area (Å²) in [6.45, 7) is 2.04. The van der Waals surface area contributed by atoms with Crippen LogP contribution in [0.15, 0.2) is 44.7 Å². The predicted molar refractivity (Wildman–Crippen MR) is 120 cm³/mol. The molecule has 0 fully saturated rings. The summed E-state index contributed by atoms with van der Waals surface area (Å²) in [5, 5.41) is 16.1. The Balaban J connectivity index is 2.14. The van der Waals surface area contributed by atoms with Gasteiger partial charge in [0, 0.05) is 22.5 Å². The minimum absolute atomic E-state index is 0.0307. The maximum absolute atomic E-state index is 13.1. The lowest BCUT2D eigenvalue weighted by atomic mass is 10.2. The molecule has 0 spiro atoms. The third-order valence-electron chi connectivity index (χ3n) is 4.40. The smallest absolute Gasteiger partial charge is 0.313 e. The molecule has 0 bridgehead atoms. The number of nitro benzene ring substituents is 1. The molecule has 0 radical (unpaired) electrons. The van der Waals surface area contributed by atoms with Crippen molar-refractivity contribution in [2.75, 3.05) is 7.11 Å². The van der Waals surface area contributed by atoms with E-state index in [1.165, 1.54) is 30.1 Å². The molecule has 0 saturated heterocycles. The third kappa shape index (κ3) is 4.52. The van der Waals surface area contributed by atoms with Crippen molar-refractivity contribution in [1.29, 1.82) is 0 Å². The first kappa shape index (κ1) is 21.9. The first-order valence-electron chi connectivity index (χ1n) is 9.13. The second-order valence-corrected chi connectivity index (χ2v) is 7.79. The molecule has 30 heavy (non-hydrogen) atoms. The second-order valence-electron chi connectivity index (χ2n) is 6.47. The number of halogens is 2. The van der Waals surface area contributed by atoms with Crippen LogP contribution in [0.4, 0.5) is 5.69 Å². The first-order chi connectivity index (χ1) is 14.3. The minimum Gasteiger partial charge on any atom is -0.489 e. The van der Waals surface area contributed by atoms with Crippen LogP contribution in [-0.4, -0.2) is 27.9 Å². The van der Waals surface area contributed by atoms with E-state index in [2.05, 4.69) is 26.0 Å². The number of ether oxygens (including phenoxy) is 1. The topological polar surface area (TPSA) is 99.6 Å². The van der Waals surface area contributed by atoms with E-state index in [0.717, 1.165) is 17.3 Å². The maximum atomic E-state index is 13.1. The minimum atomic E-state index is -0.587. The van der Waals surface area contributed by atoms with Gasteiger partial charge in [0.25, 0.3) is 5.56 Å². The van der Waals surface area contributed by atoms with Crippen LogP contribution < -0.4 is 10.3 Å². The predicted octanol–water partition coefficient (Wildman–Crippen LogP) is 4.95. The van der Waals surface area contributed by atoms with E-state index in [1.54, 1.807) is 12.1 Å². The number of aryl methyl sites for hydroxylation is 1. The summed E-state index contributed by atoms with van der Waals surface area (Å²) in [6.07, 6.45) is 3.68. The van der Waals surface area contributed by atoms with E-state index >= 15 is 0 Å². The molecule has 156 valence electrons. The summed E-state index contributed by atoms with van der Waals surface area (Å²) < 4.78 is 6.99. The van der Waals surface area contributed by atoms with Gasteiger partial charge in [0.15, 0.2) is 0 Å². The molecule has 0 unspecified atom stereocenters. The Morgan fingerprint density at radius 3 is 2.80 bits per heavy atom. The molecule has 0 amide bonds. The van der Waals surface area contributed by atoms with Gasteiger partial charge in [-0.05, 0) is 30.7 Å². The van der Waals surface area contributed by atoms with Crippen molar-refractivity contribution < 1.29 is 9.66 Å². The summed E-state index contributed by atoms with van der Waals surface area (Å²) in [5.74, 6) is 0.485. The van der Waals surface area contributed by atoms with Gasteiger partial charge in [0.2, 0.25) is 5.75 Å². The number of unbranched alkanes of at least 4 members (excludes halogenated alkanes) is 1. The van der Waals surface area contributed by atoms with Crippen LogP contribution in [0.2, 0.25) is 5.02 Å². The number of fused-ring (bicyclic) bond motifs is 1. The zero-order valence-electron chi connectivity index (χ0n) is 16.3. The molecule has 0 aliphatic carbocycles. The van der Waals surface area contributed by atoms with Crippen molar-refractivity contribution in [3.8, 4) is 5.75 Å². The lowest BCUT2D eigenvalue weighted by molar-refractivity contribution is -0.385. The Bertz CT molecular complexity index is 1210. The highest BCUT2D eigenvalue weighted by Gasteiger charge is 2.19. The maximum Gasteiger partial charge on any atom is 0.313 e. The van der Waals surface area contributed by atoms with Gasteiger partial charge >= 0.3 is 5.69 Å². The molecule has 3 rings (SSSR count). The van der Waals surface area contributed by atoms with Gasteiger partial charge in [0.05, 0.1) is 34.2 Å². The van der Waals surface area contributed by atoms with Crippen molar-refractivity contribution in [1.82, 2.24) is 9.66 Å². The number of methoxy groups -OCH3 is 1. The normalized spacial score (nSPS) is 11.3. The molecule has 0 atom stereocenters. The first-order valence-corrected chi connectivity index (χ1v) is 10.3. The summed E-state index contributed by atoms with van der Waals surface area (Å²) in [7, 11) is 1.31. The molecule has 3 aromatic rings. The molecule has 1 aromatic heterocycles. The van der Waals surface area contributed by atoms with Gasteiger partial charge in [-0.15, -0.1) is 0 Å². The molecular weight excluding hydrogens is 476 g/mol. The number of nitrogens with zero attached hydrogens (tertiary/aromatic N) is 4. The van der Waals surface area contributed by atoms with Gasteiger partial charge in [-0.3, -0.25) is 14.9 Å². The molecular formula is C20H18BrClN4O4. The number of rotatable bonds is 7. The molecule has 1 heterocycles. The SMILES string of the molecule is CCCCc1nc2ccc(Br)cc2c(=O)n1N=Cc1cc(Cl)c(OC)c([N+](=O)[O-])c1. The Hall–Kier alpha value is -2.78. The van der Waals surface area contributed by atoms with Crippen LogP contribution in [0.3, 0.4) is 0 Å². The Labute approximate surface area is 185 Å². The quantitative estimate of drug-likeness (QED) is 0.263. The van der Waals surface area contributed by atoms with Gasteiger partial charge < -0.3 is 4.74 Å². The van der Waals surface area contributed by atoms with E-state index in [0.29, 0.717) is 28.7 Å². The molecule has 8 nitrogen and oxygen atoms in total. The largest absolute Gasteiger partial charge is 0.489 e. The average molecular weight is 494 g/mol. The number of benzene rings is 2. The van der Waals surface area contributed by atoms with E-state index in [-0.39, 0.29) is 22.0 Å². The Morgan fingerprint density at radius 1 is 1.37 bits per heavy atom. The lowest BCUT2D eigenvalue weighted by Gasteiger charge is -2.09.